The highest BCUT2D eigenvalue weighted by molar-refractivity contribution is 7.89. The number of aromatic nitrogens is 1. The van der Waals surface area contributed by atoms with Crippen LogP contribution in [-0.2, 0) is 10.0 Å². The first-order valence-electron chi connectivity index (χ1n) is 5.09. The van der Waals surface area contributed by atoms with E-state index in [0.29, 0.717) is 0 Å². The number of hydrogen-bond acceptors (Lipinski definition) is 3. The van der Waals surface area contributed by atoms with Gasteiger partial charge in [-0.1, -0.05) is 13.8 Å². The molecule has 0 aliphatic rings. The van der Waals surface area contributed by atoms with Crippen molar-refractivity contribution in [1.82, 2.24) is 9.71 Å². The lowest BCUT2D eigenvalue weighted by molar-refractivity contribution is 0.534. The van der Waals surface area contributed by atoms with Crippen molar-refractivity contribution in [3.8, 4) is 0 Å². The number of rotatable bonds is 5. The van der Waals surface area contributed by atoms with E-state index in [4.69, 9.17) is 11.6 Å². The van der Waals surface area contributed by atoms with Crippen LogP contribution in [0.5, 0.6) is 0 Å². The molecule has 0 fully saturated rings. The molecule has 17 heavy (non-hydrogen) atoms. The van der Waals surface area contributed by atoms with Gasteiger partial charge in [0.2, 0.25) is 5.03 Å². The molecule has 1 heterocycles. The van der Waals surface area contributed by atoms with Gasteiger partial charge in [0.05, 0.1) is 0 Å². The SMILES string of the molecule is CC(C)C(Cl)CNS(=O)(=O)c1ncccc1F. The summed E-state index contributed by atoms with van der Waals surface area (Å²) < 4.78 is 38.9. The molecule has 0 radical (unpaired) electrons. The third-order valence-corrected chi connectivity index (χ3v) is 4.19. The van der Waals surface area contributed by atoms with E-state index < -0.39 is 20.9 Å². The number of hydrogen-bond donors (Lipinski definition) is 1. The molecule has 0 amide bonds. The van der Waals surface area contributed by atoms with Crippen LogP contribution in [0.4, 0.5) is 4.39 Å². The van der Waals surface area contributed by atoms with E-state index in [1.165, 1.54) is 12.3 Å². The average molecular weight is 281 g/mol. The molecule has 0 saturated carbocycles. The standard InChI is InChI=1S/C10H14ClFN2O2S/c1-7(2)8(11)6-14-17(15,16)10-9(12)4-3-5-13-10/h3-5,7-8,14H,6H2,1-2H3. The zero-order valence-electron chi connectivity index (χ0n) is 9.52. The van der Waals surface area contributed by atoms with Crippen LogP contribution in [0, 0.1) is 11.7 Å². The van der Waals surface area contributed by atoms with E-state index in [1.807, 2.05) is 13.8 Å². The number of nitrogens with zero attached hydrogens (tertiary/aromatic N) is 1. The second kappa shape index (κ2) is 5.75. The van der Waals surface area contributed by atoms with Crippen LogP contribution >= 0.6 is 11.6 Å². The van der Waals surface area contributed by atoms with Crippen LogP contribution in [0.25, 0.3) is 0 Å². The molecule has 1 aromatic heterocycles. The third-order valence-electron chi connectivity index (χ3n) is 2.17. The normalized spacial score (nSPS) is 13.9. The van der Waals surface area contributed by atoms with Crippen molar-refractivity contribution in [2.75, 3.05) is 6.54 Å². The molecule has 1 unspecified atom stereocenters. The van der Waals surface area contributed by atoms with Gasteiger partial charge in [0.25, 0.3) is 10.0 Å². The minimum Gasteiger partial charge on any atom is -0.241 e. The van der Waals surface area contributed by atoms with Gasteiger partial charge in [-0.15, -0.1) is 11.6 Å². The first kappa shape index (κ1) is 14.3. The molecule has 7 heteroatoms. The van der Waals surface area contributed by atoms with Gasteiger partial charge in [-0.25, -0.2) is 22.5 Å². The Labute approximate surface area is 105 Å². The highest BCUT2D eigenvalue weighted by Gasteiger charge is 2.21. The molecule has 0 saturated heterocycles. The zero-order chi connectivity index (χ0) is 13.1. The van der Waals surface area contributed by atoms with Crippen molar-refractivity contribution < 1.29 is 12.8 Å². The Bertz CT molecular complexity index is 479. The smallest absolute Gasteiger partial charge is 0.241 e. The molecule has 1 aromatic rings. The summed E-state index contributed by atoms with van der Waals surface area (Å²) in [6, 6.07) is 2.37. The molecule has 1 atom stereocenters. The van der Waals surface area contributed by atoms with Crippen LogP contribution in [0.3, 0.4) is 0 Å². The van der Waals surface area contributed by atoms with Gasteiger partial charge >= 0.3 is 0 Å². The molecular formula is C10H14ClFN2O2S. The molecule has 96 valence electrons. The van der Waals surface area contributed by atoms with Crippen LogP contribution in [0.15, 0.2) is 23.4 Å². The summed E-state index contributed by atoms with van der Waals surface area (Å²) in [5.41, 5.74) is 0. The Morgan fingerprint density at radius 1 is 1.53 bits per heavy atom. The summed E-state index contributed by atoms with van der Waals surface area (Å²) >= 11 is 5.91. The van der Waals surface area contributed by atoms with Gasteiger partial charge in [0.1, 0.15) is 0 Å². The van der Waals surface area contributed by atoms with Crippen molar-refractivity contribution in [1.29, 1.82) is 0 Å². The lowest BCUT2D eigenvalue weighted by atomic mass is 10.1. The summed E-state index contributed by atoms with van der Waals surface area (Å²) in [5.74, 6) is -0.761. The van der Waals surface area contributed by atoms with Gasteiger partial charge in [-0.2, -0.15) is 0 Å². The monoisotopic (exact) mass is 280 g/mol. The van der Waals surface area contributed by atoms with Crippen molar-refractivity contribution in [3.63, 3.8) is 0 Å². The predicted octanol–water partition coefficient (Wildman–Crippen LogP) is 1.76. The highest BCUT2D eigenvalue weighted by Crippen LogP contribution is 2.12. The summed E-state index contributed by atoms with van der Waals surface area (Å²) in [4.78, 5) is 3.50. The second-order valence-corrected chi connectivity index (χ2v) is 6.15. The van der Waals surface area contributed by atoms with Crippen molar-refractivity contribution in [2.45, 2.75) is 24.3 Å². The molecule has 0 aliphatic heterocycles. The highest BCUT2D eigenvalue weighted by atomic mass is 35.5. The Morgan fingerprint density at radius 2 is 2.18 bits per heavy atom. The van der Waals surface area contributed by atoms with Crippen LogP contribution < -0.4 is 4.72 Å². The lowest BCUT2D eigenvalue weighted by Gasteiger charge is -2.14. The van der Waals surface area contributed by atoms with Gasteiger partial charge in [0, 0.05) is 18.1 Å². The van der Waals surface area contributed by atoms with Gasteiger partial charge < -0.3 is 0 Å². The molecular weight excluding hydrogens is 267 g/mol. The van der Waals surface area contributed by atoms with Crippen molar-refractivity contribution in [3.05, 3.63) is 24.1 Å². The maximum Gasteiger partial charge on any atom is 0.261 e. The summed E-state index contributed by atoms with van der Waals surface area (Å²) in [7, 11) is -3.94. The summed E-state index contributed by atoms with van der Waals surface area (Å²) in [6.07, 6.45) is 1.22. The Balaban J connectivity index is 2.80. The fourth-order valence-electron chi connectivity index (χ4n) is 1.06. The quantitative estimate of drug-likeness (QED) is 0.836. The minimum atomic E-state index is -3.94. The molecule has 0 bridgehead atoms. The lowest BCUT2D eigenvalue weighted by Crippen LogP contribution is -2.33. The Morgan fingerprint density at radius 3 is 2.71 bits per heavy atom. The predicted molar refractivity (Wildman–Crippen MR) is 63.9 cm³/mol. The molecule has 1 rings (SSSR count). The summed E-state index contributed by atoms with van der Waals surface area (Å²) in [5, 5.41) is -0.954. The van der Waals surface area contributed by atoms with E-state index >= 15 is 0 Å². The number of halogens is 2. The number of sulfonamides is 1. The molecule has 0 aromatic carbocycles. The number of nitrogens with one attached hydrogen (secondary N) is 1. The van der Waals surface area contributed by atoms with Gasteiger partial charge in [0.15, 0.2) is 5.82 Å². The number of alkyl halides is 1. The number of pyridine rings is 1. The maximum absolute atomic E-state index is 13.3. The summed E-state index contributed by atoms with van der Waals surface area (Å²) in [6.45, 7) is 3.78. The van der Waals surface area contributed by atoms with E-state index in [9.17, 15) is 12.8 Å². The molecule has 0 spiro atoms. The molecule has 4 nitrogen and oxygen atoms in total. The van der Waals surface area contributed by atoms with Gasteiger partial charge in [-0.05, 0) is 18.1 Å². The van der Waals surface area contributed by atoms with Crippen molar-refractivity contribution in [2.24, 2.45) is 5.92 Å². The van der Waals surface area contributed by atoms with Crippen LogP contribution in [-0.4, -0.2) is 25.3 Å². The Hall–Kier alpha value is -0.720. The van der Waals surface area contributed by atoms with Gasteiger partial charge in [-0.3, -0.25) is 0 Å². The largest absolute Gasteiger partial charge is 0.261 e. The zero-order valence-corrected chi connectivity index (χ0v) is 11.1. The fraction of sp³-hybridized carbons (Fsp3) is 0.500. The van der Waals surface area contributed by atoms with E-state index in [1.54, 1.807) is 0 Å². The first-order valence-corrected chi connectivity index (χ1v) is 7.01. The third kappa shape index (κ3) is 3.90. The van der Waals surface area contributed by atoms with Crippen LogP contribution in [0.1, 0.15) is 13.8 Å². The van der Waals surface area contributed by atoms with E-state index in [-0.39, 0.29) is 17.8 Å². The fourth-order valence-corrected chi connectivity index (χ4v) is 2.29. The van der Waals surface area contributed by atoms with Crippen LogP contribution in [0.2, 0.25) is 0 Å². The minimum absolute atomic E-state index is 0.0393. The van der Waals surface area contributed by atoms with E-state index in [0.717, 1.165) is 6.07 Å². The van der Waals surface area contributed by atoms with E-state index in [2.05, 4.69) is 9.71 Å². The molecule has 0 aliphatic carbocycles. The topological polar surface area (TPSA) is 59.1 Å². The maximum atomic E-state index is 13.3. The van der Waals surface area contributed by atoms with Crippen molar-refractivity contribution >= 4 is 21.6 Å². The average Bonchev–Trinajstić information content (AvgIpc) is 2.26. The molecule has 1 N–H and O–H groups in total. The first-order chi connectivity index (χ1) is 7.84. The second-order valence-electron chi connectivity index (χ2n) is 3.90. The Kier molecular flexibility index (Phi) is 4.85.